The average molecular weight is 526 g/mol. The Balaban J connectivity index is 0.00000182. The molecule has 4 aromatic rings. The summed E-state index contributed by atoms with van der Waals surface area (Å²) in [5, 5.41) is 9.58. The SMILES string of the molecule is Cc1cc(C)c(-n2cnnc2-c2[c-]ccc3sc(C)nc23)c(C)c1.[Ir]. The van der Waals surface area contributed by atoms with Crippen molar-refractivity contribution in [1.82, 2.24) is 19.7 Å². The summed E-state index contributed by atoms with van der Waals surface area (Å²) in [5.74, 6) is 0.779. The van der Waals surface area contributed by atoms with E-state index < -0.39 is 0 Å². The standard InChI is InChI=1S/C19H17N4S.Ir/c1-11-8-12(2)18(13(3)9-11)23-10-20-22-19(23)15-6-5-7-16-17(15)21-14(4)24-16;/h5,7-10H,1-4H3;/q-1;. The smallest absolute Gasteiger partial charge is 0.114 e. The molecule has 0 aliphatic rings. The first-order valence-corrected chi connectivity index (χ1v) is 8.62. The van der Waals surface area contributed by atoms with E-state index in [0.717, 1.165) is 32.3 Å². The molecule has 0 aliphatic carbocycles. The van der Waals surface area contributed by atoms with Gasteiger partial charge in [0.2, 0.25) is 0 Å². The van der Waals surface area contributed by atoms with Crippen molar-refractivity contribution in [1.29, 1.82) is 0 Å². The van der Waals surface area contributed by atoms with Crippen molar-refractivity contribution in [2.24, 2.45) is 0 Å². The van der Waals surface area contributed by atoms with Gasteiger partial charge in [0.1, 0.15) is 6.33 Å². The fourth-order valence-electron chi connectivity index (χ4n) is 3.30. The van der Waals surface area contributed by atoms with Crippen LogP contribution in [0, 0.1) is 33.8 Å². The summed E-state index contributed by atoms with van der Waals surface area (Å²) in [6.07, 6.45) is 1.77. The maximum Gasteiger partial charge on any atom is 0.114 e. The van der Waals surface area contributed by atoms with Gasteiger partial charge in [-0.1, -0.05) is 23.3 Å². The number of fused-ring (bicyclic) bond motifs is 1. The molecule has 0 bridgehead atoms. The maximum atomic E-state index is 4.67. The number of thiazole rings is 1. The second-order valence-corrected chi connectivity index (χ2v) is 7.31. The molecule has 0 amide bonds. The normalized spacial score (nSPS) is 10.9. The Bertz CT molecular complexity index is 1040. The van der Waals surface area contributed by atoms with Crippen LogP contribution in [0.15, 0.2) is 30.6 Å². The Morgan fingerprint density at radius 2 is 1.80 bits per heavy atom. The number of aryl methyl sites for hydroxylation is 4. The Labute approximate surface area is 164 Å². The average Bonchev–Trinajstić information content (AvgIpc) is 3.11. The van der Waals surface area contributed by atoms with E-state index >= 15 is 0 Å². The van der Waals surface area contributed by atoms with Gasteiger partial charge in [0.05, 0.1) is 10.8 Å². The summed E-state index contributed by atoms with van der Waals surface area (Å²) in [4.78, 5) is 4.67. The van der Waals surface area contributed by atoms with Crippen LogP contribution < -0.4 is 0 Å². The summed E-state index contributed by atoms with van der Waals surface area (Å²) in [6, 6.07) is 11.7. The molecule has 0 saturated carbocycles. The maximum absolute atomic E-state index is 4.67. The minimum atomic E-state index is 0. The molecule has 2 aromatic carbocycles. The zero-order valence-electron chi connectivity index (χ0n) is 14.4. The van der Waals surface area contributed by atoms with E-state index in [-0.39, 0.29) is 20.1 Å². The number of hydrogen-bond acceptors (Lipinski definition) is 4. The van der Waals surface area contributed by atoms with E-state index in [1.807, 2.05) is 23.6 Å². The van der Waals surface area contributed by atoms with Gasteiger partial charge < -0.3 is 4.57 Å². The molecule has 4 nitrogen and oxygen atoms in total. The first-order valence-electron chi connectivity index (χ1n) is 7.81. The van der Waals surface area contributed by atoms with E-state index in [9.17, 15) is 0 Å². The molecule has 0 N–H and O–H groups in total. The third kappa shape index (κ3) is 3.06. The Hall–Kier alpha value is -1.88. The molecule has 0 spiro atoms. The van der Waals surface area contributed by atoms with Crippen LogP contribution in [0.1, 0.15) is 21.7 Å². The number of hydrogen-bond donors (Lipinski definition) is 0. The summed E-state index contributed by atoms with van der Waals surface area (Å²) >= 11 is 1.68. The Morgan fingerprint density at radius 1 is 1.08 bits per heavy atom. The molecule has 2 heterocycles. The fourth-order valence-corrected chi connectivity index (χ4v) is 4.13. The predicted octanol–water partition coefficient (Wildman–Crippen LogP) is 4.58. The van der Waals surface area contributed by atoms with Gasteiger partial charge in [-0.2, -0.15) is 5.10 Å². The van der Waals surface area contributed by atoms with Gasteiger partial charge in [0.25, 0.3) is 0 Å². The zero-order chi connectivity index (χ0) is 16.8. The molecule has 0 saturated heterocycles. The summed E-state index contributed by atoms with van der Waals surface area (Å²) in [7, 11) is 0. The van der Waals surface area contributed by atoms with Crippen molar-refractivity contribution in [3.05, 3.63) is 58.4 Å². The number of rotatable bonds is 2. The summed E-state index contributed by atoms with van der Waals surface area (Å²) in [6.45, 7) is 8.38. The van der Waals surface area contributed by atoms with Gasteiger partial charge in [-0.3, -0.25) is 4.98 Å². The third-order valence-corrected chi connectivity index (χ3v) is 5.04. The molecule has 0 fully saturated rings. The fraction of sp³-hybridized carbons (Fsp3) is 0.211. The van der Waals surface area contributed by atoms with E-state index in [2.05, 4.69) is 54.2 Å². The van der Waals surface area contributed by atoms with E-state index in [0.29, 0.717) is 0 Å². The van der Waals surface area contributed by atoms with Gasteiger partial charge in [-0.25, -0.2) is 0 Å². The molecule has 0 unspecified atom stereocenters. The first kappa shape index (κ1) is 17.9. The van der Waals surface area contributed by atoms with Gasteiger partial charge in [0.15, 0.2) is 0 Å². The van der Waals surface area contributed by atoms with Crippen LogP contribution >= 0.6 is 11.3 Å². The van der Waals surface area contributed by atoms with Crippen molar-refractivity contribution in [3.8, 4) is 17.1 Å². The summed E-state index contributed by atoms with van der Waals surface area (Å²) < 4.78 is 3.19. The van der Waals surface area contributed by atoms with Crippen molar-refractivity contribution < 1.29 is 20.1 Å². The van der Waals surface area contributed by atoms with E-state index in [1.165, 1.54) is 16.7 Å². The molecule has 2 aromatic heterocycles. The van der Waals surface area contributed by atoms with Crippen LogP contribution in [0.4, 0.5) is 0 Å². The topological polar surface area (TPSA) is 43.6 Å². The molecule has 0 aliphatic heterocycles. The number of benzene rings is 2. The molecular weight excluding hydrogens is 509 g/mol. The molecule has 0 atom stereocenters. The van der Waals surface area contributed by atoms with Crippen LogP contribution in [0.2, 0.25) is 0 Å². The van der Waals surface area contributed by atoms with Crippen molar-refractivity contribution in [3.63, 3.8) is 0 Å². The van der Waals surface area contributed by atoms with Gasteiger partial charge in [-0.05, 0) is 43.5 Å². The minimum absolute atomic E-state index is 0. The van der Waals surface area contributed by atoms with Gasteiger partial charge in [0, 0.05) is 31.3 Å². The third-order valence-electron chi connectivity index (χ3n) is 4.11. The zero-order valence-corrected chi connectivity index (χ0v) is 17.6. The van der Waals surface area contributed by atoms with Gasteiger partial charge in [-0.15, -0.1) is 34.6 Å². The number of aromatic nitrogens is 4. The van der Waals surface area contributed by atoms with Crippen molar-refractivity contribution in [2.45, 2.75) is 27.7 Å². The first-order chi connectivity index (χ1) is 11.5. The quantitative estimate of drug-likeness (QED) is 0.360. The van der Waals surface area contributed by atoms with E-state index in [4.69, 9.17) is 0 Å². The van der Waals surface area contributed by atoms with Crippen LogP contribution in [-0.4, -0.2) is 19.7 Å². The molecule has 129 valence electrons. The molecule has 25 heavy (non-hydrogen) atoms. The van der Waals surface area contributed by atoms with Gasteiger partial charge >= 0.3 is 0 Å². The molecule has 1 radical (unpaired) electrons. The predicted molar refractivity (Wildman–Crippen MR) is 97.8 cm³/mol. The monoisotopic (exact) mass is 526 g/mol. The second kappa shape index (κ2) is 6.79. The minimum Gasteiger partial charge on any atom is -0.322 e. The van der Waals surface area contributed by atoms with Crippen LogP contribution in [0.3, 0.4) is 0 Å². The molecular formula is C19H17IrN4S-. The van der Waals surface area contributed by atoms with Crippen LogP contribution in [0.25, 0.3) is 27.3 Å². The Kier molecular flexibility index (Phi) is 4.87. The van der Waals surface area contributed by atoms with Crippen molar-refractivity contribution in [2.75, 3.05) is 0 Å². The molecule has 4 rings (SSSR count). The largest absolute Gasteiger partial charge is 0.322 e. The second-order valence-electron chi connectivity index (χ2n) is 6.07. The summed E-state index contributed by atoms with van der Waals surface area (Å²) in [5.41, 5.74) is 6.63. The molecule has 6 heteroatoms. The number of nitrogens with zero attached hydrogens (tertiary/aromatic N) is 4. The van der Waals surface area contributed by atoms with Crippen molar-refractivity contribution >= 4 is 21.6 Å². The van der Waals surface area contributed by atoms with Crippen LogP contribution in [0.5, 0.6) is 0 Å². The van der Waals surface area contributed by atoms with E-state index in [1.54, 1.807) is 17.7 Å². The Morgan fingerprint density at radius 3 is 2.52 bits per heavy atom. The van der Waals surface area contributed by atoms with Crippen LogP contribution in [-0.2, 0) is 20.1 Å².